The second-order valence-corrected chi connectivity index (χ2v) is 3.02. The molecule has 0 aliphatic carbocycles. The summed E-state index contributed by atoms with van der Waals surface area (Å²) in [6.45, 7) is 0. The summed E-state index contributed by atoms with van der Waals surface area (Å²) in [6.07, 6.45) is -5.00. The van der Waals surface area contributed by atoms with E-state index in [1.807, 2.05) is 0 Å². The zero-order valence-corrected chi connectivity index (χ0v) is 8.06. The van der Waals surface area contributed by atoms with Gasteiger partial charge in [0.2, 0.25) is 0 Å². The summed E-state index contributed by atoms with van der Waals surface area (Å²) in [5, 5.41) is 8.24. The lowest BCUT2D eigenvalue weighted by atomic mass is 10.1. The van der Waals surface area contributed by atoms with Crippen molar-refractivity contribution in [2.24, 2.45) is 0 Å². The molecule has 0 spiro atoms. The van der Waals surface area contributed by atoms with Crippen LogP contribution in [0.25, 0.3) is 0 Å². The summed E-state index contributed by atoms with van der Waals surface area (Å²) in [5.74, 6) is -0.506. The topological polar surface area (TPSA) is 33.0 Å². The van der Waals surface area contributed by atoms with Crippen LogP contribution in [0.5, 0.6) is 5.75 Å². The highest BCUT2D eigenvalue weighted by atomic mass is 35.5. The minimum absolute atomic E-state index is 0.113. The first-order chi connectivity index (χ1) is 6.94. The molecule has 15 heavy (non-hydrogen) atoms. The summed E-state index contributed by atoms with van der Waals surface area (Å²) in [4.78, 5) is 0. The number of halogens is 4. The fraction of sp³-hybridized carbons (Fsp3) is 0.222. The predicted octanol–water partition coefficient (Wildman–Crippen LogP) is 3.30. The van der Waals surface area contributed by atoms with Gasteiger partial charge in [0.05, 0.1) is 17.5 Å². The Morgan fingerprint density at radius 2 is 2.07 bits per heavy atom. The fourth-order valence-electron chi connectivity index (χ4n) is 1.01. The highest BCUT2D eigenvalue weighted by Crippen LogP contribution is 2.33. The van der Waals surface area contributed by atoms with Crippen LogP contribution >= 0.6 is 11.6 Å². The van der Waals surface area contributed by atoms with E-state index < -0.39 is 12.1 Å². The van der Waals surface area contributed by atoms with Crippen molar-refractivity contribution in [3.63, 3.8) is 0 Å². The fourth-order valence-corrected chi connectivity index (χ4v) is 1.24. The largest absolute Gasteiger partial charge is 0.573 e. The van der Waals surface area contributed by atoms with Gasteiger partial charge in [0.25, 0.3) is 0 Å². The average Bonchev–Trinajstić information content (AvgIpc) is 2.10. The summed E-state index contributed by atoms with van der Waals surface area (Å²) in [5.41, 5.74) is 0.113. The maximum atomic E-state index is 12.0. The average molecular weight is 236 g/mol. The predicted molar refractivity (Wildman–Crippen MR) is 47.5 cm³/mol. The van der Waals surface area contributed by atoms with E-state index in [2.05, 4.69) is 4.74 Å². The van der Waals surface area contributed by atoms with E-state index in [1.165, 1.54) is 18.2 Å². The van der Waals surface area contributed by atoms with Gasteiger partial charge in [-0.1, -0.05) is 23.7 Å². The van der Waals surface area contributed by atoms with Crippen LogP contribution in [0.1, 0.15) is 5.56 Å². The second-order valence-electron chi connectivity index (χ2n) is 2.61. The highest BCUT2D eigenvalue weighted by Gasteiger charge is 2.33. The lowest BCUT2D eigenvalue weighted by molar-refractivity contribution is -0.274. The van der Waals surface area contributed by atoms with Crippen molar-refractivity contribution in [2.45, 2.75) is 12.8 Å². The van der Waals surface area contributed by atoms with Crippen LogP contribution < -0.4 is 4.74 Å². The molecule has 0 aliphatic rings. The van der Waals surface area contributed by atoms with Crippen LogP contribution in [0, 0.1) is 11.3 Å². The molecule has 0 heterocycles. The summed E-state index contributed by atoms with van der Waals surface area (Å²) in [7, 11) is 0. The Morgan fingerprint density at radius 1 is 1.40 bits per heavy atom. The third kappa shape index (κ3) is 3.33. The van der Waals surface area contributed by atoms with Gasteiger partial charge in [-0.05, 0) is 6.07 Å². The molecule has 1 aromatic carbocycles. The minimum Gasteiger partial charge on any atom is -0.404 e. The molecule has 0 saturated carbocycles. The number of ether oxygens (including phenoxy) is 1. The van der Waals surface area contributed by atoms with Gasteiger partial charge < -0.3 is 4.74 Å². The Hall–Kier alpha value is -1.41. The number of rotatable bonds is 2. The van der Waals surface area contributed by atoms with Crippen molar-refractivity contribution in [2.75, 3.05) is 0 Å². The van der Waals surface area contributed by atoms with E-state index >= 15 is 0 Å². The molecule has 0 atom stereocenters. The molecule has 1 rings (SSSR count). The van der Waals surface area contributed by atoms with Crippen molar-refractivity contribution in [1.82, 2.24) is 0 Å². The van der Waals surface area contributed by atoms with Crippen LogP contribution in [0.2, 0.25) is 5.02 Å². The monoisotopic (exact) mass is 235 g/mol. The highest BCUT2D eigenvalue weighted by molar-refractivity contribution is 6.32. The molecule has 0 radical (unpaired) electrons. The summed E-state index contributed by atoms with van der Waals surface area (Å²) < 4.78 is 39.7. The Kier molecular flexibility index (Phi) is 3.43. The molecular formula is C9H5ClF3NO. The number of nitriles is 1. The Labute approximate surface area is 88.8 Å². The third-order valence-corrected chi connectivity index (χ3v) is 1.83. The quantitative estimate of drug-likeness (QED) is 0.788. The first-order valence-electron chi connectivity index (χ1n) is 3.84. The lowest BCUT2D eigenvalue weighted by Crippen LogP contribution is -2.18. The van der Waals surface area contributed by atoms with Crippen LogP contribution in [0.4, 0.5) is 13.2 Å². The van der Waals surface area contributed by atoms with Gasteiger partial charge in [-0.15, -0.1) is 13.2 Å². The zero-order valence-electron chi connectivity index (χ0n) is 7.31. The van der Waals surface area contributed by atoms with Crippen LogP contribution in [-0.2, 0) is 6.42 Å². The number of nitrogens with zero attached hydrogens (tertiary/aromatic N) is 1. The molecule has 0 N–H and O–H groups in total. The van der Waals surface area contributed by atoms with Crippen molar-refractivity contribution in [3.8, 4) is 11.8 Å². The van der Waals surface area contributed by atoms with Crippen molar-refractivity contribution in [1.29, 1.82) is 5.26 Å². The molecule has 0 bridgehead atoms. The number of hydrogen-bond acceptors (Lipinski definition) is 2. The Bertz CT molecular complexity index is 397. The van der Waals surface area contributed by atoms with Crippen LogP contribution in [0.3, 0.4) is 0 Å². The van der Waals surface area contributed by atoms with E-state index in [0.717, 1.165) is 0 Å². The van der Waals surface area contributed by atoms with Crippen LogP contribution in [-0.4, -0.2) is 6.36 Å². The third-order valence-electron chi connectivity index (χ3n) is 1.54. The van der Waals surface area contributed by atoms with Gasteiger partial charge in [-0.2, -0.15) is 5.26 Å². The minimum atomic E-state index is -4.81. The maximum absolute atomic E-state index is 12.0. The van der Waals surface area contributed by atoms with Crippen molar-refractivity contribution >= 4 is 11.6 Å². The first-order valence-corrected chi connectivity index (χ1v) is 4.22. The standard InChI is InChI=1S/C9H5ClF3NO/c10-7-3-1-2-6(4-5-14)8(7)15-9(11,12)13/h1-3H,4H2. The van der Waals surface area contributed by atoms with E-state index in [9.17, 15) is 13.2 Å². The number of benzene rings is 1. The molecule has 0 saturated heterocycles. The molecule has 6 heteroatoms. The Morgan fingerprint density at radius 3 is 2.60 bits per heavy atom. The lowest BCUT2D eigenvalue weighted by Gasteiger charge is -2.12. The normalized spacial score (nSPS) is 10.9. The van der Waals surface area contributed by atoms with E-state index in [0.29, 0.717) is 0 Å². The van der Waals surface area contributed by atoms with Crippen molar-refractivity contribution < 1.29 is 17.9 Å². The number of para-hydroxylation sites is 1. The van der Waals surface area contributed by atoms with E-state index in [1.54, 1.807) is 6.07 Å². The maximum Gasteiger partial charge on any atom is 0.573 e. The second kappa shape index (κ2) is 4.41. The van der Waals surface area contributed by atoms with Gasteiger partial charge in [-0.25, -0.2) is 0 Å². The molecular weight excluding hydrogens is 231 g/mol. The molecule has 2 nitrogen and oxygen atoms in total. The van der Waals surface area contributed by atoms with E-state index in [4.69, 9.17) is 16.9 Å². The van der Waals surface area contributed by atoms with Crippen molar-refractivity contribution in [3.05, 3.63) is 28.8 Å². The smallest absolute Gasteiger partial charge is 0.404 e. The zero-order chi connectivity index (χ0) is 11.5. The number of hydrogen-bond donors (Lipinski definition) is 0. The molecule has 1 aromatic rings. The number of alkyl halides is 3. The van der Waals surface area contributed by atoms with Gasteiger partial charge in [0.15, 0.2) is 5.75 Å². The van der Waals surface area contributed by atoms with Crippen LogP contribution in [0.15, 0.2) is 18.2 Å². The summed E-state index contributed by atoms with van der Waals surface area (Å²) in [6, 6.07) is 5.81. The van der Waals surface area contributed by atoms with E-state index in [-0.39, 0.29) is 17.0 Å². The van der Waals surface area contributed by atoms with Gasteiger partial charge in [0.1, 0.15) is 0 Å². The van der Waals surface area contributed by atoms with Gasteiger partial charge >= 0.3 is 6.36 Å². The molecule has 80 valence electrons. The molecule has 0 amide bonds. The first kappa shape index (κ1) is 11.7. The molecule has 0 aliphatic heterocycles. The van der Waals surface area contributed by atoms with Gasteiger partial charge in [0, 0.05) is 5.56 Å². The SMILES string of the molecule is N#CCc1cccc(Cl)c1OC(F)(F)F. The molecule has 0 fully saturated rings. The Balaban J connectivity index is 3.09. The molecule has 0 unspecified atom stereocenters. The summed E-state index contributed by atoms with van der Waals surface area (Å²) >= 11 is 5.54. The van der Waals surface area contributed by atoms with Gasteiger partial charge in [-0.3, -0.25) is 0 Å². The molecule has 0 aromatic heterocycles.